The van der Waals surface area contributed by atoms with E-state index in [1.54, 1.807) is 0 Å². The first kappa shape index (κ1) is 21.4. The standard InChI is InChI=1S/C12H14F6N4O4/c1-4-26-9(23)22-10(11(13,14)15,12(16,17)18)21-8-19-6(24-2)5-7(20-8)25-3/h5H,4H2,1-3H3,(H,22,23)(H,19,20,21). The smallest absolute Gasteiger partial charge is 0.439 e. The maximum Gasteiger partial charge on any atom is 0.439 e. The average Bonchev–Trinajstić information content (AvgIpc) is 2.51. The summed E-state index contributed by atoms with van der Waals surface area (Å²) < 4.78 is 93.6. The van der Waals surface area contributed by atoms with Crippen molar-refractivity contribution in [2.75, 3.05) is 26.1 Å². The zero-order valence-corrected chi connectivity index (χ0v) is 13.6. The molecule has 0 fully saturated rings. The third-order valence-corrected chi connectivity index (χ3v) is 2.81. The Bertz CT molecular complexity index is 601. The highest BCUT2D eigenvalue weighted by molar-refractivity contribution is 5.69. The van der Waals surface area contributed by atoms with Gasteiger partial charge in [0.1, 0.15) is 0 Å². The van der Waals surface area contributed by atoms with Gasteiger partial charge in [0.25, 0.3) is 0 Å². The van der Waals surface area contributed by atoms with Crippen molar-refractivity contribution in [3.05, 3.63) is 6.07 Å². The maximum atomic E-state index is 13.4. The summed E-state index contributed by atoms with van der Waals surface area (Å²) in [5.74, 6) is -1.92. The Morgan fingerprint density at radius 2 is 1.50 bits per heavy atom. The van der Waals surface area contributed by atoms with Crippen LogP contribution in [0.2, 0.25) is 0 Å². The van der Waals surface area contributed by atoms with Crippen molar-refractivity contribution in [2.45, 2.75) is 24.9 Å². The molecule has 0 unspecified atom stereocenters. The van der Waals surface area contributed by atoms with E-state index in [9.17, 15) is 31.1 Å². The number of nitrogens with zero attached hydrogens (tertiary/aromatic N) is 2. The second-order valence-corrected chi connectivity index (χ2v) is 4.49. The Balaban J connectivity index is 3.48. The summed E-state index contributed by atoms with van der Waals surface area (Å²) in [6.45, 7) is 0.743. The minimum absolute atomic E-state index is 0.381. The zero-order chi connectivity index (χ0) is 20.2. The van der Waals surface area contributed by atoms with Crippen molar-refractivity contribution in [1.82, 2.24) is 15.3 Å². The summed E-state index contributed by atoms with van der Waals surface area (Å²) in [6.07, 6.45) is -14.0. The Morgan fingerprint density at radius 1 is 1.04 bits per heavy atom. The fourth-order valence-corrected chi connectivity index (χ4v) is 1.63. The third-order valence-electron chi connectivity index (χ3n) is 2.81. The molecule has 8 nitrogen and oxygen atoms in total. The molecule has 0 aromatic carbocycles. The molecule has 0 radical (unpaired) electrons. The van der Waals surface area contributed by atoms with E-state index < -0.39 is 36.7 Å². The minimum Gasteiger partial charge on any atom is -0.481 e. The summed E-state index contributed by atoms with van der Waals surface area (Å²) in [5, 5.41) is 1.82. The highest BCUT2D eigenvalue weighted by atomic mass is 19.4. The normalized spacial score (nSPS) is 12.3. The van der Waals surface area contributed by atoms with Gasteiger partial charge in [-0.3, -0.25) is 5.32 Å². The molecule has 26 heavy (non-hydrogen) atoms. The monoisotopic (exact) mass is 392 g/mol. The quantitative estimate of drug-likeness (QED) is 0.567. The lowest BCUT2D eigenvalue weighted by Crippen LogP contribution is -2.72. The minimum atomic E-state index is -6.04. The van der Waals surface area contributed by atoms with E-state index in [1.165, 1.54) is 6.92 Å². The first-order valence-electron chi connectivity index (χ1n) is 6.73. The third kappa shape index (κ3) is 4.49. The van der Waals surface area contributed by atoms with Crippen LogP contribution in [-0.4, -0.2) is 54.9 Å². The molecule has 0 bridgehead atoms. The molecule has 2 N–H and O–H groups in total. The number of carbonyl (C=O) groups is 1. The van der Waals surface area contributed by atoms with Gasteiger partial charge in [-0.05, 0) is 6.92 Å². The van der Waals surface area contributed by atoms with E-state index in [1.807, 2.05) is 0 Å². The number of alkyl halides is 6. The number of aromatic nitrogens is 2. The van der Waals surface area contributed by atoms with Crippen LogP contribution in [0.4, 0.5) is 37.1 Å². The summed E-state index contributed by atoms with van der Waals surface area (Å²) in [7, 11) is 2.15. The van der Waals surface area contributed by atoms with Gasteiger partial charge in [0.2, 0.25) is 17.7 Å². The number of amides is 1. The Kier molecular flexibility index (Phi) is 6.33. The number of methoxy groups -OCH3 is 2. The van der Waals surface area contributed by atoms with Crippen molar-refractivity contribution in [3.8, 4) is 11.8 Å². The molecule has 0 saturated heterocycles. The van der Waals surface area contributed by atoms with Crippen LogP contribution in [0.15, 0.2) is 6.07 Å². The van der Waals surface area contributed by atoms with Crippen molar-refractivity contribution in [1.29, 1.82) is 0 Å². The summed E-state index contributed by atoms with van der Waals surface area (Å²) >= 11 is 0. The van der Waals surface area contributed by atoms with Crippen LogP contribution >= 0.6 is 0 Å². The molecule has 0 saturated carbocycles. The predicted octanol–water partition coefficient (Wildman–Crippen LogP) is 2.47. The SMILES string of the molecule is CCOC(=O)NC(Nc1nc(OC)cc(OC)n1)(C(F)(F)F)C(F)(F)F. The lowest BCUT2D eigenvalue weighted by molar-refractivity contribution is -0.295. The number of rotatable bonds is 6. The molecule has 0 aliphatic carbocycles. The Morgan fingerprint density at radius 3 is 1.85 bits per heavy atom. The largest absolute Gasteiger partial charge is 0.481 e. The molecule has 1 aromatic heterocycles. The van der Waals surface area contributed by atoms with Crippen LogP contribution in [0.1, 0.15) is 6.92 Å². The highest BCUT2D eigenvalue weighted by Crippen LogP contribution is 2.43. The number of hydrogen-bond donors (Lipinski definition) is 2. The number of alkyl carbamates (subject to hydrolysis) is 1. The van der Waals surface area contributed by atoms with E-state index >= 15 is 0 Å². The molecular weight excluding hydrogens is 378 g/mol. The second-order valence-electron chi connectivity index (χ2n) is 4.49. The van der Waals surface area contributed by atoms with Gasteiger partial charge in [0.15, 0.2) is 0 Å². The van der Waals surface area contributed by atoms with Crippen molar-refractivity contribution >= 4 is 12.0 Å². The molecule has 0 aliphatic heterocycles. The maximum absolute atomic E-state index is 13.4. The first-order valence-corrected chi connectivity index (χ1v) is 6.73. The van der Waals surface area contributed by atoms with Crippen LogP contribution in [0.3, 0.4) is 0 Å². The molecule has 148 valence electrons. The lowest BCUT2D eigenvalue weighted by atomic mass is 10.1. The number of hydrogen-bond acceptors (Lipinski definition) is 7. The van der Waals surface area contributed by atoms with Gasteiger partial charge in [-0.25, -0.2) is 4.79 Å². The van der Waals surface area contributed by atoms with Gasteiger partial charge in [-0.1, -0.05) is 0 Å². The zero-order valence-electron chi connectivity index (χ0n) is 13.6. The highest BCUT2D eigenvalue weighted by Gasteiger charge is 2.73. The number of halogens is 6. The number of ether oxygens (including phenoxy) is 3. The van der Waals surface area contributed by atoms with Gasteiger partial charge < -0.3 is 19.5 Å². The van der Waals surface area contributed by atoms with Gasteiger partial charge in [0.05, 0.1) is 26.9 Å². The van der Waals surface area contributed by atoms with Crippen molar-refractivity contribution in [3.63, 3.8) is 0 Å². The second kappa shape index (κ2) is 7.70. The fraction of sp³-hybridized carbons (Fsp3) is 0.583. The van der Waals surface area contributed by atoms with Crippen LogP contribution in [-0.2, 0) is 4.74 Å². The molecular formula is C12H14F6N4O4. The molecule has 1 aromatic rings. The van der Waals surface area contributed by atoms with E-state index in [0.29, 0.717) is 0 Å². The van der Waals surface area contributed by atoms with Gasteiger partial charge in [-0.2, -0.15) is 36.3 Å². The molecule has 1 rings (SSSR count). The summed E-state index contributed by atoms with van der Waals surface area (Å²) in [5.41, 5.74) is -4.93. The molecule has 1 amide bonds. The van der Waals surface area contributed by atoms with E-state index in [2.05, 4.69) is 24.2 Å². The average molecular weight is 392 g/mol. The summed E-state index contributed by atoms with van der Waals surface area (Å²) in [4.78, 5) is 18.0. The number of nitrogens with one attached hydrogen (secondary N) is 2. The van der Waals surface area contributed by atoms with Crippen LogP contribution in [0.5, 0.6) is 11.8 Å². The van der Waals surface area contributed by atoms with Crippen LogP contribution < -0.4 is 20.1 Å². The van der Waals surface area contributed by atoms with Crippen LogP contribution in [0, 0.1) is 0 Å². The molecule has 0 atom stereocenters. The van der Waals surface area contributed by atoms with Gasteiger partial charge >= 0.3 is 24.1 Å². The number of carbonyl (C=O) groups excluding carboxylic acids is 1. The lowest BCUT2D eigenvalue weighted by Gasteiger charge is -2.37. The molecule has 14 heteroatoms. The van der Waals surface area contributed by atoms with Gasteiger partial charge in [-0.15, -0.1) is 0 Å². The Labute approximate surface area is 142 Å². The number of anilines is 1. The Hall–Kier alpha value is -2.67. The van der Waals surface area contributed by atoms with Crippen LogP contribution in [0.25, 0.3) is 0 Å². The predicted molar refractivity (Wildman–Crippen MR) is 73.8 cm³/mol. The van der Waals surface area contributed by atoms with E-state index in [-0.39, 0.29) is 11.8 Å². The molecule has 0 spiro atoms. The molecule has 0 aliphatic rings. The van der Waals surface area contributed by atoms with Crippen molar-refractivity contribution < 1.29 is 45.3 Å². The fourth-order valence-electron chi connectivity index (χ4n) is 1.63. The topological polar surface area (TPSA) is 94.6 Å². The molecule has 1 heterocycles. The van der Waals surface area contributed by atoms with Crippen molar-refractivity contribution in [2.24, 2.45) is 0 Å². The van der Waals surface area contributed by atoms with Gasteiger partial charge in [0, 0.05) is 0 Å². The van der Waals surface area contributed by atoms with E-state index in [0.717, 1.165) is 30.9 Å². The first-order chi connectivity index (χ1) is 11.9. The summed E-state index contributed by atoms with van der Waals surface area (Å²) in [6, 6.07) is 1.02. The van der Waals surface area contributed by atoms with E-state index in [4.69, 9.17) is 0 Å².